The molecule has 3 N–H and O–H groups in total. The van der Waals surface area contributed by atoms with Gasteiger partial charge in [-0.15, -0.1) is 11.3 Å². The number of carbonyl (C=O) groups excluding carboxylic acids is 1. The fourth-order valence-corrected chi connectivity index (χ4v) is 5.01. The average Bonchev–Trinajstić information content (AvgIpc) is 3.33. The molecular weight excluding hydrogens is 481 g/mol. The molecule has 1 unspecified atom stereocenters. The normalized spacial score (nSPS) is 15.5. The van der Waals surface area contributed by atoms with Gasteiger partial charge in [-0.2, -0.15) is 0 Å². The van der Waals surface area contributed by atoms with E-state index < -0.39 is 41.2 Å². The fraction of sp³-hybridized carbons (Fsp3) is 0.292. The maximum Gasteiger partial charge on any atom is 0.323 e. The number of rotatable bonds is 6. The van der Waals surface area contributed by atoms with Crippen LogP contribution in [0.3, 0.4) is 0 Å². The molecule has 2 aromatic carbocycles. The topological polar surface area (TPSA) is 94.6 Å². The number of carboxylic acid groups (broad SMARTS) is 1. The number of carboxylic acids is 1. The maximum absolute atomic E-state index is 13.7. The summed E-state index contributed by atoms with van der Waals surface area (Å²) in [6, 6.07) is 6.60. The summed E-state index contributed by atoms with van der Waals surface area (Å²) in [6.07, 6.45) is 3.50. The molecule has 7 nitrogen and oxygen atoms in total. The zero-order valence-electron chi connectivity index (χ0n) is 18.7. The highest BCUT2D eigenvalue weighted by atomic mass is 32.1. The number of piperidine rings is 1. The first kappa shape index (κ1) is 24.7. The van der Waals surface area contributed by atoms with E-state index in [4.69, 9.17) is 0 Å². The van der Waals surface area contributed by atoms with Gasteiger partial charge in [-0.1, -0.05) is 12.1 Å². The quantitative estimate of drug-likeness (QED) is 0.384. The molecule has 184 valence electrons. The molecule has 2 heterocycles. The van der Waals surface area contributed by atoms with Gasteiger partial charge in [0.25, 0.3) is 0 Å². The van der Waals surface area contributed by atoms with Gasteiger partial charge in [0.15, 0.2) is 11.6 Å². The molecular formula is C24H23F3N4O3S. The van der Waals surface area contributed by atoms with E-state index in [1.54, 1.807) is 36.6 Å². The molecule has 1 fully saturated rings. The van der Waals surface area contributed by atoms with Crippen LogP contribution in [0.25, 0.3) is 10.4 Å². The number of nitrogens with zero attached hydrogens (tertiary/aromatic N) is 2. The highest BCUT2D eigenvalue weighted by Gasteiger charge is 2.28. The van der Waals surface area contributed by atoms with Crippen molar-refractivity contribution in [3.8, 4) is 10.4 Å². The van der Waals surface area contributed by atoms with E-state index in [1.807, 2.05) is 17.0 Å². The molecule has 35 heavy (non-hydrogen) atoms. The molecule has 2 amide bonds. The molecule has 3 aromatic rings. The number of carbonyl (C=O) groups is 2. The monoisotopic (exact) mass is 504 g/mol. The van der Waals surface area contributed by atoms with Crippen LogP contribution in [0.15, 0.2) is 42.6 Å². The number of nitrogens with one attached hydrogen (secondary N) is 2. The van der Waals surface area contributed by atoms with Crippen molar-refractivity contribution in [1.82, 2.24) is 9.88 Å². The van der Waals surface area contributed by atoms with Crippen LogP contribution in [0.2, 0.25) is 0 Å². The summed E-state index contributed by atoms with van der Waals surface area (Å²) in [5, 5.41) is 14.9. The van der Waals surface area contributed by atoms with Crippen LogP contribution >= 0.6 is 11.3 Å². The second-order valence-electron chi connectivity index (χ2n) is 8.29. The smallest absolute Gasteiger partial charge is 0.323 e. The third kappa shape index (κ3) is 5.80. The fourth-order valence-electron chi connectivity index (χ4n) is 3.92. The van der Waals surface area contributed by atoms with Gasteiger partial charge in [0.2, 0.25) is 0 Å². The van der Waals surface area contributed by atoms with Gasteiger partial charge < -0.3 is 15.7 Å². The van der Waals surface area contributed by atoms with Gasteiger partial charge in [-0.05, 0) is 50.6 Å². The molecule has 11 heteroatoms. The highest BCUT2D eigenvalue weighted by molar-refractivity contribution is 7.15. The number of likely N-dealkylation sites (tertiary alicyclic amines) is 1. The molecule has 4 rings (SSSR count). The Kier molecular flexibility index (Phi) is 7.37. The Hall–Kier alpha value is -3.44. The molecule has 0 aliphatic carbocycles. The number of hydrogen-bond donors (Lipinski definition) is 3. The van der Waals surface area contributed by atoms with E-state index in [-0.39, 0.29) is 5.92 Å². The minimum atomic E-state index is -1.34. The standard InChI is InChI=1S/C24H23F3N4O3S/c1-13(23(32)33)31-8-6-15(7-9-31)22-28-12-21(35-22)14-2-4-16(5-3-14)29-24(34)30-20-11-18(26)17(25)10-19(20)27/h2-5,10-13,15H,6-9H2,1H3,(H,32,33)(H2,29,30,34). The minimum Gasteiger partial charge on any atom is -0.480 e. The number of amides is 2. The highest BCUT2D eigenvalue weighted by Crippen LogP contribution is 2.35. The summed E-state index contributed by atoms with van der Waals surface area (Å²) in [5.41, 5.74) is 0.862. The summed E-state index contributed by atoms with van der Waals surface area (Å²) in [4.78, 5) is 30.8. The first-order valence-electron chi connectivity index (χ1n) is 11.0. The van der Waals surface area contributed by atoms with Crippen molar-refractivity contribution in [3.05, 3.63) is 65.1 Å². The third-order valence-electron chi connectivity index (χ3n) is 5.99. The predicted molar refractivity (Wildman–Crippen MR) is 127 cm³/mol. The minimum absolute atomic E-state index is 0.285. The lowest BCUT2D eigenvalue weighted by atomic mass is 9.96. The van der Waals surface area contributed by atoms with Gasteiger partial charge in [0.05, 0.1) is 15.6 Å². The maximum atomic E-state index is 13.7. The molecule has 1 aromatic heterocycles. The van der Waals surface area contributed by atoms with E-state index in [0.717, 1.165) is 28.3 Å². The van der Waals surface area contributed by atoms with Crippen LogP contribution in [-0.2, 0) is 4.79 Å². The summed E-state index contributed by atoms with van der Waals surface area (Å²) in [5.74, 6) is -4.22. The van der Waals surface area contributed by atoms with E-state index in [2.05, 4.69) is 15.6 Å². The second kappa shape index (κ2) is 10.4. The number of anilines is 2. The van der Waals surface area contributed by atoms with Crippen molar-refractivity contribution >= 4 is 34.7 Å². The molecule has 1 aliphatic rings. The Morgan fingerprint density at radius 1 is 1.06 bits per heavy atom. The van der Waals surface area contributed by atoms with Crippen molar-refractivity contribution in [1.29, 1.82) is 0 Å². The zero-order chi connectivity index (χ0) is 25.1. The number of benzene rings is 2. The number of thiazole rings is 1. The Labute approximate surface area is 203 Å². The lowest BCUT2D eigenvalue weighted by molar-refractivity contribution is -0.143. The molecule has 1 saturated heterocycles. The van der Waals surface area contributed by atoms with Crippen molar-refractivity contribution in [2.45, 2.75) is 31.7 Å². The van der Waals surface area contributed by atoms with Gasteiger partial charge in [-0.3, -0.25) is 9.69 Å². The summed E-state index contributed by atoms with van der Waals surface area (Å²) >= 11 is 1.58. The van der Waals surface area contributed by atoms with E-state index >= 15 is 0 Å². The Balaban J connectivity index is 1.34. The summed E-state index contributed by atoms with van der Waals surface area (Å²) in [7, 11) is 0. The van der Waals surface area contributed by atoms with Crippen LogP contribution in [0, 0.1) is 17.5 Å². The lowest BCUT2D eigenvalue weighted by Crippen LogP contribution is -2.43. The lowest BCUT2D eigenvalue weighted by Gasteiger charge is -2.33. The Morgan fingerprint density at radius 3 is 2.37 bits per heavy atom. The van der Waals surface area contributed by atoms with Crippen molar-refractivity contribution in [2.75, 3.05) is 23.7 Å². The van der Waals surface area contributed by atoms with Crippen LogP contribution in [0.4, 0.5) is 29.3 Å². The molecule has 0 spiro atoms. The largest absolute Gasteiger partial charge is 0.480 e. The van der Waals surface area contributed by atoms with Gasteiger partial charge in [-0.25, -0.2) is 22.9 Å². The molecule has 0 saturated carbocycles. The average molecular weight is 505 g/mol. The van der Waals surface area contributed by atoms with E-state index in [0.29, 0.717) is 30.9 Å². The zero-order valence-corrected chi connectivity index (χ0v) is 19.5. The summed E-state index contributed by atoms with van der Waals surface area (Å²) < 4.78 is 40.0. The van der Waals surface area contributed by atoms with Crippen molar-refractivity contribution in [3.63, 3.8) is 0 Å². The Morgan fingerprint density at radius 2 is 1.71 bits per heavy atom. The first-order valence-corrected chi connectivity index (χ1v) is 11.8. The number of halogens is 3. The van der Waals surface area contributed by atoms with E-state index in [1.165, 1.54) is 0 Å². The van der Waals surface area contributed by atoms with Crippen LogP contribution in [0.1, 0.15) is 30.7 Å². The van der Waals surface area contributed by atoms with Gasteiger partial charge in [0, 0.05) is 29.9 Å². The third-order valence-corrected chi connectivity index (χ3v) is 7.20. The van der Waals surface area contributed by atoms with Gasteiger partial charge in [0.1, 0.15) is 11.9 Å². The second-order valence-corrected chi connectivity index (χ2v) is 9.35. The molecule has 0 radical (unpaired) electrons. The summed E-state index contributed by atoms with van der Waals surface area (Å²) in [6.45, 7) is 3.13. The number of aliphatic carboxylic acids is 1. The van der Waals surface area contributed by atoms with Crippen molar-refractivity contribution in [2.24, 2.45) is 0 Å². The van der Waals surface area contributed by atoms with Gasteiger partial charge >= 0.3 is 12.0 Å². The van der Waals surface area contributed by atoms with Crippen molar-refractivity contribution < 1.29 is 27.9 Å². The predicted octanol–water partition coefficient (Wildman–Crippen LogP) is 5.52. The number of aromatic nitrogens is 1. The number of hydrogen-bond acceptors (Lipinski definition) is 5. The molecule has 1 aliphatic heterocycles. The first-order chi connectivity index (χ1) is 16.7. The SMILES string of the molecule is CC(C(=O)O)N1CCC(c2ncc(-c3ccc(NC(=O)Nc4cc(F)c(F)cc4F)cc3)s2)CC1. The van der Waals surface area contributed by atoms with E-state index in [9.17, 15) is 27.9 Å². The Bertz CT molecular complexity index is 1230. The van der Waals surface area contributed by atoms with Crippen LogP contribution < -0.4 is 10.6 Å². The molecule has 0 bridgehead atoms. The molecule has 1 atom stereocenters. The van der Waals surface area contributed by atoms with Crippen LogP contribution in [0.5, 0.6) is 0 Å². The van der Waals surface area contributed by atoms with Crippen LogP contribution in [-0.4, -0.2) is 46.1 Å². The number of urea groups is 1.